The molecule has 0 spiro atoms. The molecule has 0 unspecified atom stereocenters. The second-order valence-corrected chi connectivity index (χ2v) is 5.99. The minimum absolute atomic E-state index is 0.0741. The van der Waals surface area contributed by atoms with Crippen LogP contribution < -0.4 is 14.8 Å². The Bertz CT molecular complexity index is 684. The van der Waals surface area contributed by atoms with E-state index in [1.54, 1.807) is 18.2 Å². The Kier molecular flexibility index (Phi) is 6.84. The van der Waals surface area contributed by atoms with Crippen LogP contribution in [0.15, 0.2) is 18.2 Å². The van der Waals surface area contributed by atoms with Crippen LogP contribution in [0.5, 0.6) is 11.5 Å². The molecule has 1 aliphatic heterocycles. The molecule has 1 aromatic rings. The first-order valence-corrected chi connectivity index (χ1v) is 8.58. The van der Waals surface area contributed by atoms with Crippen molar-refractivity contribution < 1.29 is 33.4 Å². The summed E-state index contributed by atoms with van der Waals surface area (Å²) in [5.74, 6) is -0.971. The summed E-state index contributed by atoms with van der Waals surface area (Å²) in [5.41, 5.74) is 0.0792. The molecule has 1 N–H and O–H groups in total. The van der Waals surface area contributed by atoms with Crippen molar-refractivity contribution in [3.05, 3.63) is 23.8 Å². The first-order valence-electron chi connectivity index (χ1n) is 7.59. The molecule has 9 nitrogen and oxygen atoms in total. The largest absolute Gasteiger partial charge is 0.496 e. The zero-order valence-corrected chi connectivity index (χ0v) is 15.1. The minimum Gasteiger partial charge on any atom is -0.496 e. The fourth-order valence-electron chi connectivity index (χ4n) is 2.21. The van der Waals surface area contributed by atoms with E-state index in [0.29, 0.717) is 0 Å². The van der Waals surface area contributed by atoms with E-state index in [1.165, 1.54) is 14.2 Å². The Labute approximate surface area is 153 Å². The number of benzene rings is 1. The van der Waals surface area contributed by atoms with E-state index in [4.69, 9.17) is 14.2 Å². The van der Waals surface area contributed by atoms with Crippen LogP contribution in [0.4, 0.5) is 4.79 Å². The van der Waals surface area contributed by atoms with Gasteiger partial charge in [-0.1, -0.05) is 17.8 Å². The van der Waals surface area contributed by atoms with Crippen LogP contribution in [-0.4, -0.2) is 67.6 Å². The first kappa shape index (κ1) is 19.6. The SMILES string of the molecule is COc1cccc(OC)c1C(=O)OCC(=O)NCCN1C(=O)CSC1=O. The average Bonchev–Trinajstić information content (AvgIpc) is 2.97. The van der Waals surface area contributed by atoms with Crippen LogP contribution in [-0.2, 0) is 14.3 Å². The molecule has 0 bridgehead atoms. The minimum atomic E-state index is -0.768. The van der Waals surface area contributed by atoms with Gasteiger partial charge in [0.1, 0.15) is 17.1 Å². The third kappa shape index (κ3) is 4.66. The number of esters is 1. The van der Waals surface area contributed by atoms with Gasteiger partial charge in [-0.15, -0.1) is 0 Å². The number of imide groups is 1. The molecule has 140 valence electrons. The fraction of sp³-hybridized carbons (Fsp3) is 0.375. The number of methoxy groups -OCH3 is 2. The van der Waals surface area contributed by atoms with Gasteiger partial charge in [-0.3, -0.25) is 19.3 Å². The molecule has 1 aromatic carbocycles. The van der Waals surface area contributed by atoms with Crippen LogP contribution >= 0.6 is 11.8 Å². The molecule has 0 aliphatic carbocycles. The number of ether oxygens (including phenoxy) is 3. The van der Waals surface area contributed by atoms with E-state index in [2.05, 4.69) is 5.32 Å². The van der Waals surface area contributed by atoms with Gasteiger partial charge < -0.3 is 19.5 Å². The molecule has 26 heavy (non-hydrogen) atoms. The van der Waals surface area contributed by atoms with Gasteiger partial charge in [0.15, 0.2) is 6.61 Å². The molecular weight excluding hydrogens is 364 g/mol. The summed E-state index contributed by atoms with van der Waals surface area (Å²) in [6.45, 7) is -0.367. The number of carbonyl (C=O) groups is 4. The van der Waals surface area contributed by atoms with Gasteiger partial charge >= 0.3 is 5.97 Å². The van der Waals surface area contributed by atoms with Crippen LogP contribution in [0.25, 0.3) is 0 Å². The maximum absolute atomic E-state index is 12.2. The first-order chi connectivity index (χ1) is 12.5. The van der Waals surface area contributed by atoms with Gasteiger partial charge in [0, 0.05) is 13.1 Å². The highest BCUT2D eigenvalue weighted by molar-refractivity contribution is 8.14. The van der Waals surface area contributed by atoms with E-state index < -0.39 is 18.5 Å². The molecule has 2 rings (SSSR count). The molecule has 1 heterocycles. The molecule has 0 atom stereocenters. The van der Waals surface area contributed by atoms with Crippen molar-refractivity contribution in [1.82, 2.24) is 10.2 Å². The summed E-state index contributed by atoms with van der Waals surface area (Å²) in [5, 5.41) is 2.15. The molecular formula is C16H18N2O7S. The van der Waals surface area contributed by atoms with E-state index in [1.807, 2.05) is 0 Å². The summed E-state index contributed by atoms with van der Waals surface area (Å²) >= 11 is 0.923. The number of thioether (sulfide) groups is 1. The highest BCUT2D eigenvalue weighted by Crippen LogP contribution is 2.28. The summed E-state index contributed by atoms with van der Waals surface area (Å²) in [6.07, 6.45) is 0. The Morgan fingerprint density at radius 3 is 2.38 bits per heavy atom. The third-order valence-corrected chi connectivity index (χ3v) is 4.32. The zero-order chi connectivity index (χ0) is 19.1. The summed E-state index contributed by atoms with van der Waals surface area (Å²) < 4.78 is 15.2. The topological polar surface area (TPSA) is 111 Å². The lowest BCUT2D eigenvalue weighted by Crippen LogP contribution is -2.38. The molecule has 0 aromatic heterocycles. The molecule has 1 fully saturated rings. The number of amides is 3. The van der Waals surface area contributed by atoms with Crippen molar-refractivity contribution in [3.8, 4) is 11.5 Å². The molecule has 10 heteroatoms. The van der Waals surface area contributed by atoms with E-state index in [9.17, 15) is 19.2 Å². The predicted octanol–water partition coefficient (Wildman–Crippen LogP) is 0.672. The quantitative estimate of drug-likeness (QED) is 0.653. The Morgan fingerprint density at radius 1 is 1.19 bits per heavy atom. The predicted molar refractivity (Wildman–Crippen MR) is 92.4 cm³/mol. The standard InChI is InChI=1S/C16H18N2O7S/c1-23-10-4-3-5-11(24-2)14(10)15(21)25-8-12(19)17-6-7-18-13(20)9-26-16(18)22/h3-5H,6-9H2,1-2H3,(H,17,19). The number of hydrogen-bond acceptors (Lipinski definition) is 8. The van der Waals surface area contributed by atoms with E-state index >= 15 is 0 Å². The normalized spacial score (nSPS) is 13.5. The highest BCUT2D eigenvalue weighted by atomic mass is 32.2. The fourth-order valence-corrected chi connectivity index (χ4v) is 2.96. The Balaban J connectivity index is 1.83. The second-order valence-electron chi connectivity index (χ2n) is 5.06. The van der Waals surface area contributed by atoms with Crippen molar-refractivity contribution in [2.24, 2.45) is 0 Å². The van der Waals surface area contributed by atoms with Crippen LogP contribution in [0.1, 0.15) is 10.4 Å². The lowest BCUT2D eigenvalue weighted by molar-refractivity contribution is -0.126. The molecule has 0 radical (unpaired) electrons. The Morgan fingerprint density at radius 2 is 1.85 bits per heavy atom. The van der Waals surface area contributed by atoms with Crippen molar-refractivity contribution in [2.45, 2.75) is 0 Å². The van der Waals surface area contributed by atoms with E-state index in [0.717, 1.165) is 16.7 Å². The van der Waals surface area contributed by atoms with Gasteiger partial charge in [0.2, 0.25) is 5.91 Å². The maximum atomic E-state index is 12.2. The van der Waals surface area contributed by atoms with Gasteiger partial charge in [0.25, 0.3) is 11.1 Å². The highest BCUT2D eigenvalue weighted by Gasteiger charge is 2.29. The second kappa shape index (κ2) is 9.09. The van der Waals surface area contributed by atoms with E-state index in [-0.39, 0.29) is 47.1 Å². The lowest BCUT2D eigenvalue weighted by Gasteiger charge is -2.14. The molecule has 0 saturated carbocycles. The van der Waals surface area contributed by atoms with Crippen LogP contribution in [0, 0.1) is 0 Å². The van der Waals surface area contributed by atoms with Crippen molar-refractivity contribution >= 4 is 34.8 Å². The van der Waals surface area contributed by atoms with Gasteiger partial charge in [-0.25, -0.2) is 4.79 Å². The summed E-state index contributed by atoms with van der Waals surface area (Å²) in [6, 6.07) is 4.79. The van der Waals surface area contributed by atoms with Gasteiger partial charge in [-0.2, -0.15) is 0 Å². The maximum Gasteiger partial charge on any atom is 0.346 e. The average molecular weight is 382 g/mol. The van der Waals surface area contributed by atoms with Crippen LogP contribution in [0.3, 0.4) is 0 Å². The number of hydrogen-bond donors (Lipinski definition) is 1. The third-order valence-electron chi connectivity index (χ3n) is 3.46. The van der Waals surface area contributed by atoms with Crippen molar-refractivity contribution in [2.75, 3.05) is 39.7 Å². The number of nitrogens with one attached hydrogen (secondary N) is 1. The molecule has 1 aliphatic rings. The Hall–Kier alpha value is -2.75. The van der Waals surface area contributed by atoms with Gasteiger partial charge in [0.05, 0.1) is 20.0 Å². The summed E-state index contributed by atoms with van der Waals surface area (Å²) in [7, 11) is 2.80. The molecule has 1 saturated heterocycles. The number of rotatable bonds is 8. The zero-order valence-electron chi connectivity index (χ0n) is 14.3. The van der Waals surface area contributed by atoms with Crippen molar-refractivity contribution in [3.63, 3.8) is 0 Å². The van der Waals surface area contributed by atoms with Crippen LogP contribution in [0.2, 0.25) is 0 Å². The number of carbonyl (C=O) groups excluding carboxylic acids is 4. The van der Waals surface area contributed by atoms with Crippen molar-refractivity contribution in [1.29, 1.82) is 0 Å². The smallest absolute Gasteiger partial charge is 0.346 e. The molecule has 3 amide bonds. The monoisotopic (exact) mass is 382 g/mol. The number of nitrogens with zero attached hydrogens (tertiary/aromatic N) is 1. The van der Waals surface area contributed by atoms with Gasteiger partial charge in [-0.05, 0) is 12.1 Å². The summed E-state index contributed by atoms with van der Waals surface area (Å²) in [4.78, 5) is 47.9. The lowest BCUT2D eigenvalue weighted by atomic mass is 10.2.